The first-order chi connectivity index (χ1) is 10.6. The van der Waals surface area contributed by atoms with Crippen LogP contribution in [0.15, 0.2) is 54.7 Å². The molecule has 0 atom stereocenters. The second-order valence-electron chi connectivity index (χ2n) is 4.85. The van der Waals surface area contributed by atoms with Crippen molar-refractivity contribution < 1.29 is 14.8 Å². The molecular formula is C16H13BClNO3. The van der Waals surface area contributed by atoms with E-state index in [1.54, 1.807) is 18.2 Å². The molecule has 22 heavy (non-hydrogen) atoms. The smallest absolute Gasteiger partial charge is 0.489 e. The number of benzene rings is 2. The van der Waals surface area contributed by atoms with Crippen molar-refractivity contribution in [2.45, 2.75) is 6.61 Å². The summed E-state index contributed by atoms with van der Waals surface area (Å²) >= 11 is 6.16. The first-order valence-corrected chi connectivity index (χ1v) is 7.14. The molecule has 0 aliphatic rings. The van der Waals surface area contributed by atoms with E-state index in [0.717, 1.165) is 5.56 Å². The summed E-state index contributed by atoms with van der Waals surface area (Å²) in [5, 5.41) is 19.4. The first kappa shape index (κ1) is 14.8. The van der Waals surface area contributed by atoms with E-state index in [9.17, 15) is 10.0 Å². The van der Waals surface area contributed by atoms with E-state index < -0.39 is 7.12 Å². The molecule has 6 heteroatoms. The maximum atomic E-state index is 9.24. The summed E-state index contributed by atoms with van der Waals surface area (Å²) < 4.78 is 5.74. The molecule has 0 saturated heterocycles. The third-order valence-corrected chi connectivity index (χ3v) is 3.75. The van der Waals surface area contributed by atoms with E-state index >= 15 is 0 Å². The monoisotopic (exact) mass is 313 g/mol. The minimum atomic E-state index is -1.64. The van der Waals surface area contributed by atoms with Gasteiger partial charge in [-0.3, -0.25) is 4.98 Å². The van der Waals surface area contributed by atoms with Gasteiger partial charge in [-0.1, -0.05) is 41.9 Å². The Morgan fingerprint density at radius 3 is 2.59 bits per heavy atom. The summed E-state index contributed by atoms with van der Waals surface area (Å²) in [5.41, 5.74) is 1.90. The van der Waals surface area contributed by atoms with Gasteiger partial charge >= 0.3 is 7.12 Å². The van der Waals surface area contributed by atoms with E-state index in [1.807, 2.05) is 30.3 Å². The first-order valence-electron chi connectivity index (χ1n) is 6.76. The van der Waals surface area contributed by atoms with Crippen molar-refractivity contribution in [3.05, 3.63) is 65.3 Å². The van der Waals surface area contributed by atoms with E-state index in [0.29, 0.717) is 23.3 Å². The van der Waals surface area contributed by atoms with E-state index in [4.69, 9.17) is 16.3 Å². The average molecular weight is 314 g/mol. The summed E-state index contributed by atoms with van der Waals surface area (Å²) in [6.45, 7) is 0.466. The minimum absolute atomic E-state index is 0.187. The van der Waals surface area contributed by atoms with Crippen molar-refractivity contribution in [1.82, 2.24) is 4.98 Å². The normalized spacial score (nSPS) is 10.7. The Morgan fingerprint density at radius 1 is 1.09 bits per heavy atom. The zero-order valence-electron chi connectivity index (χ0n) is 11.6. The van der Waals surface area contributed by atoms with Crippen LogP contribution in [0.2, 0.25) is 5.02 Å². The van der Waals surface area contributed by atoms with Gasteiger partial charge in [-0.25, -0.2) is 0 Å². The summed E-state index contributed by atoms with van der Waals surface area (Å²) in [6.07, 6.45) is 1.36. The van der Waals surface area contributed by atoms with Crippen molar-refractivity contribution in [3.63, 3.8) is 0 Å². The van der Waals surface area contributed by atoms with Crippen LogP contribution in [-0.2, 0) is 6.61 Å². The van der Waals surface area contributed by atoms with Crippen LogP contribution in [0.25, 0.3) is 10.9 Å². The fraction of sp³-hybridized carbons (Fsp3) is 0.0625. The predicted molar refractivity (Wildman–Crippen MR) is 87.4 cm³/mol. The fourth-order valence-corrected chi connectivity index (χ4v) is 2.47. The molecule has 2 aromatic carbocycles. The van der Waals surface area contributed by atoms with E-state index in [2.05, 4.69) is 4.98 Å². The number of nitrogens with zero attached hydrogens (tertiary/aromatic N) is 1. The lowest BCUT2D eigenvalue weighted by atomic mass is 9.81. The zero-order valence-corrected chi connectivity index (χ0v) is 12.4. The molecule has 0 bridgehead atoms. The highest BCUT2D eigenvalue weighted by Crippen LogP contribution is 2.25. The predicted octanol–water partition coefficient (Wildman–Crippen LogP) is 2.15. The summed E-state index contributed by atoms with van der Waals surface area (Å²) in [6, 6.07) is 15.2. The Kier molecular flexibility index (Phi) is 4.29. The standard InChI is InChI=1S/C16H13BClNO3/c18-16-13-7-6-12(22-10-11-4-2-1-3-5-11)8-15(13)19-9-14(16)17(20)21/h1-9,20-21H,10H2. The lowest BCUT2D eigenvalue weighted by molar-refractivity contribution is 0.306. The lowest BCUT2D eigenvalue weighted by Gasteiger charge is -2.09. The van der Waals surface area contributed by atoms with Gasteiger partial charge < -0.3 is 14.8 Å². The molecule has 0 fully saturated rings. The lowest BCUT2D eigenvalue weighted by Crippen LogP contribution is -2.31. The molecule has 0 amide bonds. The molecule has 1 aromatic heterocycles. The van der Waals surface area contributed by atoms with Gasteiger partial charge in [0.05, 0.1) is 10.5 Å². The SMILES string of the molecule is OB(O)c1cnc2cc(OCc3ccccc3)ccc2c1Cl. The van der Waals surface area contributed by atoms with Crippen molar-refractivity contribution in [1.29, 1.82) is 0 Å². The molecule has 110 valence electrons. The van der Waals surface area contributed by atoms with Gasteiger partial charge in [0.2, 0.25) is 0 Å². The Labute approximate surface area is 133 Å². The highest BCUT2D eigenvalue weighted by Gasteiger charge is 2.18. The van der Waals surface area contributed by atoms with Crippen LogP contribution < -0.4 is 10.2 Å². The van der Waals surface area contributed by atoms with Crippen molar-refractivity contribution in [3.8, 4) is 5.75 Å². The summed E-state index contributed by atoms with van der Waals surface area (Å²) in [7, 11) is -1.64. The largest absolute Gasteiger partial charge is 0.491 e. The highest BCUT2D eigenvalue weighted by atomic mass is 35.5. The number of aromatic nitrogens is 1. The molecule has 3 rings (SSSR count). The van der Waals surface area contributed by atoms with Crippen LogP contribution in [0.5, 0.6) is 5.75 Å². The Hall–Kier alpha value is -2.08. The highest BCUT2D eigenvalue weighted by molar-refractivity contribution is 6.63. The van der Waals surface area contributed by atoms with Gasteiger partial charge in [0.1, 0.15) is 12.4 Å². The second kappa shape index (κ2) is 6.36. The van der Waals surface area contributed by atoms with Crippen LogP contribution in [0.1, 0.15) is 5.56 Å². The topological polar surface area (TPSA) is 62.6 Å². The van der Waals surface area contributed by atoms with Crippen LogP contribution in [0.4, 0.5) is 0 Å². The molecule has 3 aromatic rings. The van der Waals surface area contributed by atoms with Gasteiger partial charge in [0.15, 0.2) is 0 Å². The Morgan fingerprint density at radius 2 is 1.86 bits per heavy atom. The van der Waals surface area contributed by atoms with Gasteiger partial charge in [-0.2, -0.15) is 0 Å². The molecule has 1 heterocycles. The number of hydrogen-bond acceptors (Lipinski definition) is 4. The number of ether oxygens (including phenoxy) is 1. The number of fused-ring (bicyclic) bond motifs is 1. The number of rotatable bonds is 4. The average Bonchev–Trinajstić information content (AvgIpc) is 2.54. The van der Waals surface area contributed by atoms with Gasteiger partial charge in [-0.15, -0.1) is 0 Å². The van der Waals surface area contributed by atoms with Gasteiger partial charge in [-0.05, 0) is 17.7 Å². The van der Waals surface area contributed by atoms with Gasteiger partial charge in [0, 0.05) is 23.1 Å². The van der Waals surface area contributed by atoms with Crippen molar-refractivity contribution in [2.24, 2.45) is 0 Å². The van der Waals surface area contributed by atoms with E-state index in [1.165, 1.54) is 6.20 Å². The maximum Gasteiger partial charge on any atom is 0.491 e. The molecular weight excluding hydrogens is 300 g/mol. The van der Waals surface area contributed by atoms with Crippen molar-refractivity contribution in [2.75, 3.05) is 0 Å². The third-order valence-electron chi connectivity index (χ3n) is 3.33. The molecule has 0 aliphatic heterocycles. The molecule has 0 aliphatic carbocycles. The molecule has 4 nitrogen and oxygen atoms in total. The van der Waals surface area contributed by atoms with Crippen LogP contribution in [0, 0.1) is 0 Å². The Bertz CT molecular complexity index is 796. The summed E-state index contributed by atoms with van der Waals surface area (Å²) in [4.78, 5) is 4.19. The summed E-state index contributed by atoms with van der Waals surface area (Å²) in [5.74, 6) is 0.678. The number of hydrogen-bond donors (Lipinski definition) is 2. The molecule has 0 saturated carbocycles. The van der Waals surface area contributed by atoms with Crippen LogP contribution >= 0.6 is 11.6 Å². The van der Waals surface area contributed by atoms with E-state index in [-0.39, 0.29) is 10.5 Å². The maximum absolute atomic E-state index is 9.24. The quantitative estimate of drug-likeness (QED) is 0.725. The second-order valence-corrected chi connectivity index (χ2v) is 5.23. The van der Waals surface area contributed by atoms with Gasteiger partial charge in [0.25, 0.3) is 0 Å². The van der Waals surface area contributed by atoms with Crippen LogP contribution in [0.3, 0.4) is 0 Å². The molecule has 2 N–H and O–H groups in total. The van der Waals surface area contributed by atoms with Crippen LogP contribution in [-0.4, -0.2) is 22.2 Å². The minimum Gasteiger partial charge on any atom is -0.489 e. The number of pyridine rings is 1. The zero-order chi connectivity index (χ0) is 15.5. The fourth-order valence-electron chi connectivity index (χ4n) is 2.17. The van der Waals surface area contributed by atoms with Crippen molar-refractivity contribution >= 4 is 35.1 Å². The molecule has 0 radical (unpaired) electrons. The molecule has 0 unspecified atom stereocenters. The Balaban J connectivity index is 1.86. The number of halogens is 1. The third kappa shape index (κ3) is 3.07. The molecule has 0 spiro atoms.